The average molecular weight is 361 g/mol. The Labute approximate surface area is 136 Å². The molecule has 0 radical (unpaired) electrons. The second kappa shape index (κ2) is 6.19. The van der Waals surface area contributed by atoms with Gasteiger partial charge in [-0.2, -0.15) is 0 Å². The first-order valence-corrected chi connectivity index (χ1v) is 8.83. The van der Waals surface area contributed by atoms with Crippen molar-refractivity contribution in [3.63, 3.8) is 0 Å². The van der Waals surface area contributed by atoms with Crippen molar-refractivity contribution in [2.24, 2.45) is 0 Å². The second-order valence-electron chi connectivity index (χ2n) is 4.52. The lowest BCUT2D eigenvalue weighted by molar-refractivity contribution is 0.256. The zero-order valence-corrected chi connectivity index (χ0v) is 14.4. The molecule has 0 bridgehead atoms. The van der Waals surface area contributed by atoms with Gasteiger partial charge in [-0.15, -0.1) is 11.3 Å². The normalized spacial score (nSPS) is 11.3. The van der Waals surface area contributed by atoms with E-state index < -0.39 is 16.1 Å². The van der Waals surface area contributed by atoms with E-state index in [1.54, 1.807) is 26.2 Å². The highest BCUT2D eigenvalue weighted by atomic mass is 35.5. The first-order chi connectivity index (χ1) is 10.2. The van der Waals surface area contributed by atoms with Crippen molar-refractivity contribution in [3.05, 3.63) is 32.7 Å². The SMILES string of the molecule is Cc1cc(Cl)nc(NC(=O)NS(=O)(=O)c2c(C)csc2C)n1. The Hall–Kier alpha value is -1.71. The predicted octanol–water partition coefficient (Wildman–Crippen LogP) is 2.63. The van der Waals surface area contributed by atoms with Gasteiger partial charge in [0.15, 0.2) is 0 Å². The molecule has 0 fully saturated rings. The maximum absolute atomic E-state index is 12.2. The summed E-state index contributed by atoms with van der Waals surface area (Å²) < 4.78 is 26.4. The number of nitrogens with one attached hydrogen (secondary N) is 2. The van der Waals surface area contributed by atoms with Crippen molar-refractivity contribution < 1.29 is 13.2 Å². The summed E-state index contributed by atoms with van der Waals surface area (Å²) in [6, 6.07) is 0.561. The number of hydrogen-bond acceptors (Lipinski definition) is 6. The van der Waals surface area contributed by atoms with Gasteiger partial charge in [0.05, 0.1) is 0 Å². The minimum atomic E-state index is -3.96. The number of nitrogens with zero attached hydrogens (tertiary/aromatic N) is 2. The minimum Gasteiger partial charge on any atom is -0.275 e. The van der Waals surface area contributed by atoms with Crippen molar-refractivity contribution in [1.29, 1.82) is 0 Å². The largest absolute Gasteiger partial charge is 0.335 e. The third-order valence-corrected chi connectivity index (χ3v) is 5.61. The highest BCUT2D eigenvalue weighted by molar-refractivity contribution is 7.90. The van der Waals surface area contributed by atoms with Crippen molar-refractivity contribution in [1.82, 2.24) is 14.7 Å². The Balaban J connectivity index is 2.18. The Morgan fingerprint density at radius 2 is 1.95 bits per heavy atom. The van der Waals surface area contributed by atoms with Gasteiger partial charge in [0.2, 0.25) is 5.95 Å². The molecule has 2 aromatic rings. The number of rotatable bonds is 3. The van der Waals surface area contributed by atoms with Crippen molar-refractivity contribution in [2.45, 2.75) is 25.7 Å². The maximum Gasteiger partial charge on any atom is 0.335 e. The molecule has 10 heteroatoms. The Kier molecular flexibility index (Phi) is 4.69. The van der Waals surface area contributed by atoms with Gasteiger partial charge in [-0.1, -0.05) is 11.6 Å². The standard InChI is InChI=1S/C12H13ClN4O3S2/c1-6-5-21-8(3)10(6)22(19,20)17-12(18)16-11-14-7(2)4-9(13)15-11/h4-5H,1-3H3,(H2,14,15,16,17,18). The van der Waals surface area contributed by atoms with Crippen LogP contribution in [0.5, 0.6) is 0 Å². The molecule has 2 aromatic heterocycles. The molecule has 0 aliphatic rings. The third kappa shape index (κ3) is 3.73. The number of thiophene rings is 1. The first-order valence-electron chi connectivity index (χ1n) is 6.08. The van der Waals surface area contributed by atoms with Crippen LogP contribution in [0.1, 0.15) is 16.1 Å². The van der Waals surface area contributed by atoms with Gasteiger partial charge in [-0.3, -0.25) is 5.32 Å². The van der Waals surface area contributed by atoms with Crippen LogP contribution in [0.25, 0.3) is 0 Å². The number of halogens is 1. The molecule has 0 aliphatic heterocycles. The Bertz CT molecular complexity index is 793. The average Bonchev–Trinajstić information content (AvgIpc) is 2.66. The number of aryl methyl sites for hydroxylation is 3. The van der Waals surface area contributed by atoms with Gasteiger partial charge in [0.25, 0.3) is 10.0 Å². The topological polar surface area (TPSA) is 101 Å². The summed E-state index contributed by atoms with van der Waals surface area (Å²) in [4.78, 5) is 20.3. The fourth-order valence-electron chi connectivity index (χ4n) is 1.85. The summed E-state index contributed by atoms with van der Waals surface area (Å²) in [6.07, 6.45) is 0. The quantitative estimate of drug-likeness (QED) is 0.819. The molecule has 2 rings (SSSR count). The predicted molar refractivity (Wildman–Crippen MR) is 84.9 cm³/mol. The lowest BCUT2D eigenvalue weighted by atomic mass is 10.3. The number of carbonyl (C=O) groups excluding carboxylic acids is 1. The van der Waals surface area contributed by atoms with Crippen LogP contribution < -0.4 is 10.0 Å². The monoisotopic (exact) mass is 360 g/mol. The van der Waals surface area contributed by atoms with E-state index in [1.165, 1.54) is 17.4 Å². The van der Waals surface area contributed by atoms with Crippen LogP contribution in [0, 0.1) is 20.8 Å². The van der Waals surface area contributed by atoms with E-state index in [4.69, 9.17) is 11.6 Å². The van der Waals surface area contributed by atoms with Crippen LogP contribution in [-0.4, -0.2) is 24.4 Å². The maximum atomic E-state index is 12.2. The van der Waals surface area contributed by atoms with Crippen LogP contribution in [-0.2, 0) is 10.0 Å². The number of anilines is 1. The number of urea groups is 1. The van der Waals surface area contributed by atoms with Gasteiger partial charge in [-0.25, -0.2) is 27.9 Å². The van der Waals surface area contributed by atoms with Crippen molar-refractivity contribution in [3.8, 4) is 0 Å². The Morgan fingerprint density at radius 3 is 2.50 bits per heavy atom. The molecule has 118 valence electrons. The Morgan fingerprint density at radius 1 is 1.27 bits per heavy atom. The molecule has 0 unspecified atom stereocenters. The molecule has 2 amide bonds. The van der Waals surface area contributed by atoms with Crippen molar-refractivity contribution in [2.75, 3.05) is 5.32 Å². The fourth-order valence-corrected chi connectivity index (χ4v) is 4.63. The van der Waals surface area contributed by atoms with E-state index in [9.17, 15) is 13.2 Å². The third-order valence-electron chi connectivity index (χ3n) is 2.63. The first kappa shape index (κ1) is 16.7. The number of sulfonamides is 1. The highest BCUT2D eigenvalue weighted by Crippen LogP contribution is 2.25. The molecule has 22 heavy (non-hydrogen) atoms. The highest BCUT2D eigenvalue weighted by Gasteiger charge is 2.23. The summed E-state index contributed by atoms with van der Waals surface area (Å²) in [5, 5.41) is 4.11. The van der Waals surface area contributed by atoms with Crippen LogP contribution in [0.3, 0.4) is 0 Å². The second-order valence-corrected chi connectivity index (χ2v) is 7.61. The molecular formula is C12H13ClN4O3S2. The lowest BCUT2D eigenvalue weighted by Crippen LogP contribution is -2.35. The van der Waals surface area contributed by atoms with E-state index in [-0.39, 0.29) is 16.0 Å². The van der Waals surface area contributed by atoms with Crippen LogP contribution in [0.2, 0.25) is 5.15 Å². The zero-order chi connectivity index (χ0) is 16.5. The lowest BCUT2D eigenvalue weighted by Gasteiger charge is -2.09. The molecule has 0 saturated heterocycles. The zero-order valence-electron chi connectivity index (χ0n) is 12.0. The molecule has 2 heterocycles. The number of carbonyl (C=O) groups is 1. The fraction of sp³-hybridized carbons (Fsp3) is 0.250. The molecule has 0 atom stereocenters. The van der Waals surface area contributed by atoms with E-state index in [0.29, 0.717) is 16.1 Å². The summed E-state index contributed by atoms with van der Waals surface area (Å²) in [5.74, 6) is -0.0727. The van der Waals surface area contributed by atoms with Gasteiger partial charge >= 0.3 is 6.03 Å². The molecule has 0 spiro atoms. The summed E-state index contributed by atoms with van der Waals surface area (Å²) in [7, 11) is -3.96. The molecule has 0 aliphatic carbocycles. The molecule has 0 aromatic carbocycles. The number of amides is 2. The van der Waals surface area contributed by atoms with Crippen LogP contribution in [0.4, 0.5) is 10.7 Å². The smallest absolute Gasteiger partial charge is 0.275 e. The summed E-state index contributed by atoms with van der Waals surface area (Å²) in [6.45, 7) is 5.01. The van der Waals surface area contributed by atoms with E-state index in [0.717, 1.165) is 0 Å². The molecule has 2 N–H and O–H groups in total. The van der Waals surface area contributed by atoms with Crippen LogP contribution in [0.15, 0.2) is 16.3 Å². The molecular weight excluding hydrogens is 348 g/mol. The van der Waals surface area contributed by atoms with Gasteiger partial charge < -0.3 is 0 Å². The van der Waals surface area contributed by atoms with Gasteiger partial charge in [0, 0.05) is 10.6 Å². The van der Waals surface area contributed by atoms with Crippen molar-refractivity contribution >= 4 is 44.9 Å². The van der Waals surface area contributed by atoms with Gasteiger partial charge in [-0.05, 0) is 37.8 Å². The van der Waals surface area contributed by atoms with E-state index in [1.807, 2.05) is 4.72 Å². The summed E-state index contributed by atoms with van der Waals surface area (Å²) in [5.41, 5.74) is 1.13. The van der Waals surface area contributed by atoms with E-state index >= 15 is 0 Å². The van der Waals surface area contributed by atoms with E-state index in [2.05, 4.69) is 15.3 Å². The molecule has 7 nitrogen and oxygen atoms in total. The number of hydrogen-bond donors (Lipinski definition) is 2. The minimum absolute atomic E-state index is 0.0727. The van der Waals surface area contributed by atoms with Gasteiger partial charge in [0.1, 0.15) is 10.0 Å². The number of aromatic nitrogens is 2. The summed E-state index contributed by atoms with van der Waals surface area (Å²) >= 11 is 7.05. The van der Waals surface area contributed by atoms with Crippen LogP contribution >= 0.6 is 22.9 Å². The molecule has 0 saturated carbocycles.